The number of amides is 1. The van der Waals surface area contributed by atoms with Gasteiger partial charge in [-0.1, -0.05) is 49.7 Å². The van der Waals surface area contributed by atoms with Crippen LogP contribution >= 0.6 is 0 Å². The van der Waals surface area contributed by atoms with Crippen molar-refractivity contribution in [2.24, 2.45) is 0 Å². The number of nitrogens with one attached hydrogen (secondary N) is 1. The van der Waals surface area contributed by atoms with Gasteiger partial charge in [0, 0.05) is 36.3 Å². The second kappa shape index (κ2) is 9.43. The Bertz CT molecular complexity index is 867. The van der Waals surface area contributed by atoms with E-state index in [-0.39, 0.29) is 5.91 Å². The van der Waals surface area contributed by atoms with Crippen molar-refractivity contribution in [1.29, 1.82) is 0 Å². The van der Waals surface area contributed by atoms with Crippen LogP contribution < -0.4 is 10.1 Å². The number of ether oxygens (including phenoxy) is 1. The standard InChI is InChI=1S/C21H22N4O2/c1-2-3-12-27-21-17(10-7-11-22-21)13-25-20(26)18-14-23-19(24-15-18)16-8-5-4-6-9-16/h4-11,14-15H,2-3,12-13H2,1H3,(H,25,26). The van der Waals surface area contributed by atoms with Gasteiger partial charge in [-0.25, -0.2) is 15.0 Å². The summed E-state index contributed by atoms with van der Waals surface area (Å²) >= 11 is 0. The molecular formula is C21H22N4O2. The fourth-order valence-electron chi connectivity index (χ4n) is 2.46. The van der Waals surface area contributed by atoms with Crippen LogP contribution in [-0.4, -0.2) is 27.5 Å². The number of carbonyl (C=O) groups excluding carboxylic acids is 1. The highest BCUT2D eigenvalue weighted by Crippen LogP contribution is 2.15. The molecule has 0 spiro atoms. The minimum absolute atomic E-state index is 0.238. The van der Waals surface area contributed by atoms with Crippen LogP contribution in [0.5, 0.6) is 5.88 Å². The number of pyridine rings is 1. The highest BCUT2D eigenvalue weighted by Gasteiger charge is 2.10. The highest BCUT2D eigenvalue weighted by molar-refractivity contribution is 5.93. The molecule has 0 saturated carbocycles. The maximum atomic E-state index is 12.4. The Morgan fingerprint density at radius 1 is 1.04 bits per heavy atom. The van der Waals surface area contributed by atoms with Crippen molar-refractivity contribution >= 4 is 5.91 Å². The van der Waals surface area contributed by atoms with E-state index in [1.807, 2.05) is 42.5 Å². The van der Waals surface area contributed by atoms with Crippen LogP contribution in [0, 0.1) is 0 Å². The molecule has 3 aromatic rings. The first kappa shape index (κ1) is 18.5. The van der Waals surface area contributed by atoms with E-state index in [1.54, 1.807) is 6.20 Å². The molecule has 3 rings (SSSR count). The SMILES string of the molecule is CCCCOc1ncccc1CNC(=O)c1cnc(-c2ccccc2)nc1. The predicted molar refractivity (Wildman–Crippen MR) is 103 cm³/mol. The summed E-state index contributed by atoms with van der Waals surface area (Å²) < 4.78 is 5.69. The molecule has 0 radical (unpaired) electrons. The van der Waals surface area contributed by atoms with E-state index in [9.17, 15) is 4.79 Å². The lowest BCUT2D eigenvalue weighted by Gasteiger charge is -2.11. The molecule has 2 heterocycles. The van der Waals surface area contributed by atoms with Crippen LogP contribution in [0.1, 0.15) is 35.7 Å². The van der Waals surface area contributed by atoms with Gasteiger partial charge in [0.15, 0.2) is 5.82 Å². The summed E-state index contributed by atoms with van der Waals surface area (Å²) in [5.74, 6) is 0.908. The molecule has 1 aromatic carbocycles. The molecule has 0 bridgehead atoms. The summed E-state index contributed by atoms with van der Waals surface area (Å²) in [5.41, 5.74) is 2.16. The fraction of sp³-hybridized carbons (Fsp3) is 0.238. The molecule has 138 valence electrons. The average Bonchev–Trinajstić information content (AvgIpc) is 2.74. The monoisotopic (exact) mass is 362 g/mol. The molecular weight excluding hydrogens is 340 g/mol. The van der Waals surface area contributed by atoms with E-state index in [0.717, 1.165) is 24.0 Å². The number of hydrogen-bond donors (Lipinski definition) is 1. The second-order valence-electron chi connectivity index (χ2n) is 6.01. The predicted octanol–water partition coefficient (Wildman–Crippen LogP) is 3.65. The minimum Gasteiger partial charge on any atom is -0.477 e. The summed E-state index contributed by atoms with van der Waals surface area (Å²) in [5, 5.41) is 2.87. The third-order valence-electron chi connectivity index (χ3n) is 3.97. The number of aromatic nitrogens is 3. The smallest absolute Gasteiger partial charge is 0.254 e. The van der Waals surface area contributed by atoms with Gasteiger partial charge in [-0.2, -0.15) is 0 Å². The summed E-state index contributed by atoms with van der Waals surface area (Å²) in [4.78, 5) is 25.2. The first-order valence-corrected chi connectivity index (χ1v) is 9.00. The van der Waals surface area contributed by atoms with Crippen LogP contribution in [0.15, 0.2) is 61.1 Å². The van der Waals surface area contributed by atoms with Crippen molar-refractivity contribution in [2.75, 3.05) is 6.61 Å². The molecule has 27 heavy (non-hydrogen) atoms. The highest BCUT2D eigenvalue weighted by atomic mass is 16.5. The van der Waals surface area contributed by atoms with E-state index < -0.39 is 0 Å². The van der Waals surface area contributed by atoms with Gasteiger partial charge in [-0.05, 0) is 12.5 Å². The Hall–Kier alpha value is -3.28. The van der Waals surface area contributed by atoms with Gasteiger partial charge in [0.05, 0.1) is 12.2 Å². The molecule has 0 aliphatic rings. The quantitative estimate of drug-likeness (QED) is 0.619. The molecule has 0 aliphatic heterocycles. The second-order valence-corrected chi connectivity index (χ2v) is 6.01. The van der Waals surface area contributed by atoms with Crippen molar-refractivity contribution in [3.05, 3.63) is 72.2 Å². The van der Waals surface area contributed by atoms with Crippen LogP contribution in [0.2, 0.25) is 0 Å². The maximum absolute atomic E-state index is 12.4. The van der Waals surface area contributed by atoms with Gasteiger partial charge >= 0.3 is 0 Å². The Morgan fingerprint density at radius 2 is 1.81 bits per heavy atom. The van der Waals surface area contributed by atoms with Crippen molar-refractivity contribution in [2.45, 2.75) is 26.3 Å². The van der Waals surface area contributed by atoms with Crippen LogP contribution in [-0.2, 0) is 6.54 Å². The first-order chi connectivity index (χ1) is 13.3. The van der Waals surface area contributed by atoms with Crippen LogP contribution in [0.4, 0.5) is 0 Å². The fourth-order valence-corrected chi connectivity index (χ4v) is 2.46. The number of carbonyl (C=O) groups is 1. The first-order valence-electron chi connectivity index (χ1n) is 9.00. The van der Waals surface area contributed by atoms with E-state index in [4.69, 9.17) is 4.74 Å². The number of hydrogen-bond acceptors (Lipinski definition) is 5. The van der Waals surface area contributed by atoms with E-state index >= 15 is 0 Å². The number of benzene rings is 1. The van der Waals surface area contributed by atoms with Gasteiger partial charge in [0.25, 0.3) is 5.91 Å². The van der Waals surface area contributed by atoms with Gasteiger partial charge < -0.3 is 10.1 Å². The Morgan fingerprint density at radius 3 is 2.56 bits per heavy atom. The third-order valence-corrected chi connectivity index (χ3v) is 3.97. The normalized spacial score (nSPS) is 10.4. The largest absolute Gasteiger partial charge is 0.477 e. The maximum Gasteiger partial charge on any atom is 0.254 e. The molecule has 0 fully saturated rings. The van der Waals surface area contributed by atoms with E-state index in [2.05, 4.69) is 27.2 Å². The van der Waals surface area contributed by atoms with Crippen LogP contribution in [0.25, 0.3) is 11.4 Å². The molecule has 2 aromatic heterocycles. The van der Waals surface area contributed by atoms with Gasteiger partial charge in [-0.15, -0.1) is 0 Å². The average molecular weight is 362 g/mol. The minimum atomic E-state index is -0.238. The van der Waals surface area contributed by atoms with E-state index in [1.165, 1.54) is 12.4 Å². The van der Waals surface area contributed by atoms with Crippen molar-refractivity contribution in [3.8, 4) is 17.3 Å². The van der Waals surface area contributed by atoms with Crippen molar-refractivity contribution in [3.63, 3.8) is 0 Å². The molecule has 1 N–H and O–H groups in total. The van der Waals surface area contributed by atoms with Crippen molar-refractivity contribution < 1.29 is 9.53 Å². The zero-order chi connectivity index (χ0) is 18.9. The Labute approximate surface area is 158 Å². The number of rotatable bonds is 8. The molecule has 0 saturated heterocycles. The zero-order valence-electron chi connectivity index (χ0n) is 15.3. The molecule has 1 amide bonds. The molecule has 6 heteroatoms. The van der Waals surface area contributed by atoms with E-state index in [0.29, 0.717) is 30.4 Å². The number of unbranched alkanes of at least 4 members (excludes halogenated alkanes) is 1. The van der Waals surface area contributed by atoms with Gasteiger partial charge in [0.2, 0.25) is 5.88 Å². The van der Waals surface area contributed by atoms with Gasteiger partial charge in [-0.3, -0.25) is 4.79 Å². The van der Waals surface area contributed by atoms with Crippen LogP contribution in [0.3, 0.4) is 0 Å². The summed E-state index contributed by atoms with van der Waals surface area (Å²) in [7, 11) is 0. The summed E-state index contributed by atoms with van der Waals surface area (Å²) in [6, 6.07) is 13.4. The molecule has 0 aliphatic carbocycles. The molecule has 0 atom stereocenters. The summed E-state index contributed by atoms with van der Waals surface area (Å²) in [6.45, 7) is 3.05. The number of nitrogens with zero attached hydrogens (tertiary/aromatic N) is 3. The van der Waals surface area contributed by atoms with Crippen molar-refractivity contribution in [1.82, 2.24) is 20.3 Å². The lowest BCUT2D eigenvalue weighted by atomic mass is 10.2. The Balaban J connectivity index is 1.61. The Kier molecular flexibility index (Phi) is 6.46. The molecule has 6 nitrogen and oxygen atoms in total. The third kappa shape index (κ3) is 5.10. The van der Waals surface area contributed by atoms with Gasteiger partial charge in [0.1, 0.15) is 0 Å². The molecule has 0 unspecified atom stereocenters. The topological polar surface area (TPSA) is 77.0 Å². The summed E-state index contributed by atoms with van der Waals surface area (Å²) in [6.07, 6.45) is 6.77. The lowest BCUT2D eigenvalue weighted by Crippen LogP contribution is -2.23. The zero-order valence-corrected chi connectivity index (χ0v) is 15.3. The lowest BCUT2D eigenvalue weighted by molar-refractivity contribution is 0.0950.